The maximum atomic E-state index is 11.7. The normalized spacial score (nSPS) is 19.4. The fraction of sp³-hybridized carbons (Fsp3) is 0.455. The molecule has 2 N–H and O–H groups in total. The third kappa shape index (κ3) is 2.49. The molecule has 5 nitrogen and oxygen atoms in total. The summed E-state index contributed by atoms with van der Waals surface area (Å²) in [6.45, 7) is 0.916. The Bertz CT molecular complexity index is 358. The Morgan fingerprint density at radius 1 is 1.62 bits per heavy atom. The molecule has 0 aliphatic carbocycles. The van der Waals surface area contributed by atoms with Gasteiger partial charge >= 0.3 is 0 Å². The highest BCUT2D eigenvalue weighted by atomic mass is 16.5. The third-order valence-corrected chi connectivity index (χ3v) is 2.59. The quantitative estimate of drug-likeness (QED) is 0.791. The third-order valence-electron chi connectivity index (χ3n) is 2.59. The number of carbonyl (C=O) groups excluding carboxylic acids is 1. The van der Waals surface area contributed by atoms with Crippen LogP contribution in [0.3, 0.4) is 0 Å². The van der Waals surface area contributed by atoms with Gasteiger partial charge in [0.05, 0.1) is 25.0 Å². The first-order valence-corrected chi connectivity index (χ1v) is 5.34. The maximum Gasteiger partial charge on any atom is 0.241 e. The monoisotopic (exact) mass is 221 g/mol. The summed E-state index contributed by atoms with van der Waals surface area (Å²) in [6.07, 6.45) is 3.54. The van der Waals surface area contributed by atoms with Crippen LogP contribution in [0.1, 0.15) is 12.8 Å². The van der Waals surface area contributed by atoms with Gasteiger partial charge in [-0.15, -0.1) is 0 Å². The Labute approximate surface area is 94.2 Å². The number of amides is 1. The lowest BCUT2D eigenvalue weighted by Gasteiger charge is -2.10. The fourth-order valence-electron chi connectivity index (χ4n) is 1.71. The molecular weight excluding hydrogens is 206 g/mol. The molecule has 0 radical (unpaired) electrons. The molecule has 1 fully saturated rings. The topological polar surface area (TPSA) is 63.2 Å². The molecule has 0 unspecified atom stereocenters. The second-order valence-electron chi connectivity index (χ2n) is 3.73. The lowest BCUT2D eigenvalue weighted by atomic mass is 10.2. The summed E-state index contributed by atoms with van der Waals surface area (Å²) in [7, 11) is 1.56. The zero-order valence-corrected chi connectivity index (χ0v) is 9.19. The van der Waals surface area contributed by atoms with Gasteiger partial charge in [0, 0.05) is 6.07 Å². The molecule has 2 rings (SSSR count). The molecule has 1 aliphatic rings. The molecule has 1 saturated heterocycles. The second-order valence-corrected chi connectivity index (χ2v) is 3.73. The van der Waals surface area contributed by atoms with Gasteiger partial charge in [-0.3, -0.25) is 4.79 Å². The van der Waals surface area contributed by atoms with E-state index >= 15 is 0 Å². The van der Waals surface area contributed by atoms with E-state index in [9.17, 15) is 4.79 Å². The number of aromatic nitrogens is 1. The molecule has 86 valence electrons. The Morgan fingerprint density at radius 2 is 2.50 bits per heavy atom. The van der Waals surface area contributed by atoms with Crippen LogP contribution < -0.4 is 15.4 Å². The van der Waals surface area contributed by atoms with E-state index in [2.05, 4.69) is 15.6 Å². The first-order chi connectivity index (χ1) is 7.79. The van der Waals surface area contributed by atoms with Crippen LogP contribution in [-0.2, 0) is 4.79 Å². The molecule has 5 heteroatoms. The van der Waals surface area contributed by atoms with Crippen LogP contribution in [-0.4, -0.2) is 30.6 Å². The Morgan fingerprint density at radius 3 is 3.06 bits per heavy atom. The highest BCUT2D eigenvalue weighted by Gasteiger charge is 2.21. The number of pyridine rings is 1. The van der Waals surface area contributed by atoms with Crippen molar-refractivity contribution in [2.45, 2.75) is 18.9 Å². The summed E-state index contributed by atoms with van der Waals surface area (Å²) in [6, 6.07) is 3.43. The molecule has 2 heterocycles. The van der Waals surface area contributed by atoms with Crippen molar-refractivity contribution in [3.63, 3.8) is 0 Å². The molecular formula is C11H15N3O2. The van der Waals surface area contributed by atoms with Gasteiger partial charge in [0.25, 0.3) is 0 Å². The standard InChI is InChI=1S/C11H15N3O2/c1-16-10-5-4-8(7-13-10)14-11(15)9-3-2-6-12-9/h4-5,7,9,12H,2-3,6H2,1H3,(H,14,15)/t9-/m0/s1. The van der Waals surface area contributed by atoms with E-state index in [0.29, 0.717) is 11.6 Å². The van der Waals surface area contributed by atoms with Gasteiger partial charge < -0.3 is 15.4 Å². The van der Waals surface area contributed by atoms with Crippen LogP contribution in [0.2, 0.25) is 0 Å². The Balaban J connectivity index is 1.94. The minimum absolute atomic E-state index is 0.00414. The van der Waals surface area contributed by atoms with Crippen molar-refractivity contribution in [2.24, 2.45) is 0 Å². The summed E-state index contributed by atoms with van der Waals surface area (Å²) in [5, 5.41) is 5.96. The molecule has 1 aromatic rings. The number of nitrogens with zero attached hydrogens (tertiary/aromatic N) is 1. The molecule has 1 aromatic heterocycles. The zero-order chi connectivity index (χ0) is 11.4. The highest BCUT2D eigenvalue weighted by Crippen LogP contribution is 2.13. The number of anilines is 1. The molecule has 1 atom stereocenters. The van der Waals surface area contributed by atoms with Crippen LogP contribution in [0.25, 0.3) is 0 Å². The summed E-state index contributed by atoms with van der Waals surface area (Å²) in [5.74, 6) is 0.543. The smallest absolute Gasteiger partial charge is 0.241 e. The van der Waals surface area contributed by atoms with E-state index in [-0.39, 0.29) is 11.9 Å². The SMILES string of the molecule is COc1ccc(NC(=O)[C@@H]2CCCN2)cn1. The number of ether oxygens (including phenoxy) is 1. The van der Waals surface area contributed by atoms with Crippen molar-refractivity contribution in [1.82, 2.24) is 10.3 Å². The number of rotatable bonds is 3. The first-order valence-electron chi connectivity index (χ1n) is 5.34. The molecule has 1 amide bonds. The van der Waals surface area contributed by atoms with Gasteiger partial charge in [0.15, 0.2) is 0 Å². The summed E-state index contributed by atoms with van der Waals surface area (Å²) < 4.78 is 4.94. The van der Waals surface area contributed by atoms with Crippen molar-refractivity contribution < 1.29 is 9.53 Å². The maximum absolute atomic E-state index is 11.7. The van der Waals surface area contributed by atoms with Gasteiger partial charge in [0.2, 0.25) is 11.8 Å². The van der Waals surface area contributed by atoms with E-state index in [1.165, 1.54) is 0 Å². The second kappa shape index (κ2) is 4.94. The number of methoxy groups -OCH3 is 1. The van der Waals surface area contributed by atoms with Crippen LogP contribution in [0, 0.1) is 0 Å². The molecule has 1 aliphatic heterocycles. The summed E-state index contributed by atoms with van der Waals surface area (Å²) in [5.41, 5.74) is 0.694. The van der Waals surface area contributed by atoms with Gasteiger partial charge in [-0.1, -0.05) is 0 Å². The fourth-order valence-corrected chi connectivity index (χ4v) is 1.71. The van der Waals surface area contributed by atoms with Gasteiger partial charge in [0.1, 0.15) is 0 Å². The van der Waals surface area contributed by atoms with Crippen molar-refractivity contribution >= 4 is 11.6 Å². The molecule has 16 heavy (non-hydrogen) atoms. The average Bonchev–Trinajstić information content (AvgIpc) is 2.83. The lowest BCUT2D eigenvalue weighted by Crippen LogP contribution is -2.35. The van der Waals surface area contributed by atoms with Crippen LogP contribution in [0.15, 0.2) is 18.3 Å². The van der Waals surface area contributed by atoms with Crippen molar-refractivity contribution in [3.05, 3.63) is 18.3 Å². The minimum atomic E-state index is -0.0675. The Hall–Kier alpha value is -1.62. The van der Waals surface area contributed by atoms with Crippen LogP contribution in [0.4, 0.5) is 5.69 Å². The van der Waals surface area contributed by atoms with E-state index in [1.54, 1.807) is 25.4 Å². The largest absolute Gasteiger partial charge is 0.481 e. The van der Waals surface area contributed by atoms with Crippen molar-refractivity contribution in [3.8, 4) is 5.88 Å². The van der Waals surface area contributed by atoms with Crippen molar-refractivity contribution in [2.75, 3.05) is 19.0 Å². The van der Waals surface area contributed by atoms with E-state index in [4.69, 9.17) is 4.74 Å². The number of hydrogen-bond donors (Lipinski definition) is 2. The van der Waals surface area contributed by atoms with Gasteiger partial charge in [-0.2, -0.15) is 0 Å². The molecule has 0 saturated carbocycles. The molecule has 0 bridgehead atoms. The minimum Gasteiger partial charge on any atom is -0.481 e. The highest BCUT2D eigenvalue weighted by molar-refractivity contribution is 5.94. The summed E-state index contributed by atoms with van der Waals surface area (Å²) in [4.78, 5) is 15.8. The predicted octanol–water partition coefficient (Wildman–Crippen LogP) is 0.781. The number of nitrogens with one attached hydrogen (secondary N) is 2. The predicted molar refractivity (Wildman–Crippen MR) is 60.4 cm³/mol. The van der Waals surface area contributed by atoms with Gasteiger partial charge in [-0.25, -0.2) is 4.98 Å². The van der Waals surface area contributed by atoms with Crippen LogP contribution >= 0.6 is 0 Å². The molecule has 0 spiro atoms. The lowest BCUT2D eigenvalue weighted by molar-refractivity contribution is -0.117. The Kier molecular flexibility index (Phi) is 3.36. The summed E-state index contributed by atoms with van der Waals surface area (Å²) >= 11 is 0. The molecule has 0 aromatic carbocycles. The van der Waals surface area contributed by atoms with E-state index < -0.39 is 0 Å². The van der Waals surface area contributed by atoms with E-state index in [0.717, 1.165) is 19.4 Å². The average molecular weight is 221 g/mol. The first kappa shape index (κ1) is 10.9. The number of hydrogen-bond acceptors (Lipinski definition) is 4. The van der Waals surface area contributed by atoms with Crippen molar-refractivity contribution in [1.29, 1.82) is 0 Å². The van der Waals surface area contributed by atoms with Crippen LogP contribution in [0.5, 0.6) is 5.88 Å². The van der Waals surface area contributed by atoms with Gasteiger partial charge in [-0.05, 0) is 25.5 Å². The number of carbonyl (C=O) groups is 1. The zero-order valence-electron chi connectivity index (χ0n) is 9.19. The van der Waals surface area contributed by atoms with E-state index in [1.807, 2.05) is 0 Å².